The molecule has 9 nitrogen and oxygen atoms in total. The van der Waals surface area contributed by atoms with Crippen LogP contribution in [0.25, 0.3) is 16.2 Å². The minimum atomic E-state index is -1.26. The average molecular weight is 439 g/mol. The Morgan fingerprint density at radius 3 is 2.71 bits per heavy atom. The van der Waals surface area contributed by atoms with Crippen LogP contribution in [0.4, 0.5) is 5.82 Å². The molecule has 3 aromatic heterocycles. The van der Waals surface area contributed by atoms with Crippen molar-refractivity contribution in [2.45, 2.75) is 32.9 Å². The SMILES string of the molecule is CC1=CN(C2CN(c3cc(C)c4c(=O)c(C(=O)O)cn(-c5nccs5)c4n3)C2)NC1C. The molecule has 0 saturated carbocycles. The zero-order chi connectivity index (χ0) is 21.9. The highest BCUT2D eigenvalue weighted by Gasteiger charge is 2.35. The molecule has 5 heterocycles. The monoisotopic (exact) mass is 438 g/mol. The van der Waals surface area contributed by atoms with E-state index in [0.717, 1.165) is 18.9 Å². The van der Waals surface area contributed by atoms with Crippen LogP contribution in [0.15, 0.2) is 40.4 Å². The van der Waals surface area contributed by atoms with Gasteiger partial charge in [0.1, 0.15) is 11.4 Å². The Morgan fingerprint density at radius 2 is 2.10 bits per heavy atom. The number of pyridine rings is 2. The van der Waals surface area contributed by atoms with Crippen LogP contribution < -0.4 is 15.8 Å². The lowest BCUT2D eigenvalue weighted by Crippen LogP contribution is -2.61. The molecule has 10 heteroatoms. The molecule has 1 fully saturated rings. The smallest absolute Gasteiger partial charge is 0.341 e. The van der Waals surface area contributed by atoms with Gasteiger partial charge in [-0.2, -0.15) is 0 Å². The van der Waals surface area contributed by atoms with Gasteiger partial charge in [-0.05, 0) is 38.0 Å². The van der Waals surface area contributed by atoms with E-state index in [1.165, 1.54) is 23.1 Å². The summed E-state index contributed by atoms with van der Waals surface area (Å²) in [4.78, 5) is 35.8. The van der Waals surface area contributed by atoms with Crippen LogP contribution >= 0.6 is 11.3 Å². The molecule has 0 bridgehead atoms. The number of carboxylic acid groups (broad SMARTS) is 1. The van der Waals surface area contributed by atoms with Crippen molar-refractivity contribution < 1.29 is 9.90 Å². The fourth-order valence-electron chi connectivity index (χ4n) is 4.00. The van der Waals surface area contributed by atoms with Gasteiger partial charge in [-0.15, -0.1) is 11.3 Å². The second-order valence-electron chi connectivity index (χ2n) is 8.05. The third kappa shape index (κ3) is 3.19. The number of fused-ring (bicyclic) bond motifs is 1. The molecular formula is C21H22N6O3S. The summed E-state index contributed by atoms with van der Waals surface area (Å²) >= 11 is 1.36. The van der Waals surface area contributed by atoms with E-state index in [1.54, 1.807) is 16.1 Å². The van der Waals surface area contributed by atoms with Crippen LogP contribution in [-0.2, 0) is 0 Å². The van der Waals surface area contributed by atoms with E-state index < -0.39 is 11.4 Å². The summed E-state index contributed by atoms with van der Waals surface area (Å²) in [6.07, 6.45) is 5.12. The maximum atomic E-state index is 12.9. The Kier molecular flexibility index (Phi) is 4.56. The van der Waals surface area contributed by atoms with Gasteiger partial charge in [-0.3, -0.25) is 9.36 Å². The van der Waals surface area contributed by atoms with Gasteiger partial charge in [0.25, 0.3) is 0 Å². The number of carboxylic acids is 1. The molecule has 0 aliphatic carbocycles. The summed E-state index contributed by atoms with van der Waals surface area (Å²) in [6.45, 7) is 7.68. The van der Waals surface area contributed by atoms with Gasteiger partial charge in [-0.1, -0.05) is 0 Å². The molecule has 31 heavy (non-hydrogen) atoms. The molecule has 0 radical (unpaired) electrons. The van der Waals surface area contributed by atoms with E-state index >= 15 is 0 Å². The van der Waals surface area contributed by atoms with Crippen LogP contribution in [-0.4, -0.2) is 55.8 Å². The Bertz CT molecular complexity index is 1280. The molecule has 3 aromatic rings. The minimum absolute atomic E-state index is 0.291. The summed E-state index contributed by atoms with van der Waals surface area (Å²) in [6, 6.07) is 2.54. The summed E-state index contributed by atoms with van der Waals surface area (Å²) in [5, 5.41) is 14.4. The maximum Gasteiger partial charge on any atom is 0.341 e. The summed E-state index contributed by atoms with van der Waals surface area (Å²) in [5.41, 5.74) is 5.07. The summed E-state index contributed by atoms with van der Waals surface area (Å²) < 4.78 is 1.61. The number of hydrazine groups is 1. The van der Waals surface area contributed by atoms with Gasteiger partial charge < -0.3 is 15.0 Å². The molecule has 160 valence electrons. The Labute approximate surface area is 182 Å². The van der Waals surface area contributed by atoms with Crippen LogP contribution in [0.1, 0.15) is 29.8 Å². The quantitative estimate of drug-likeness (QED) is 0.639. The molecule has 1 atom stereocenters. The predicted molar refractivity (Wildman–Crippen MR) is 119 cm³/mol. The van der Waals surface area contributed by atoms with Gasteiger partial charge >= 0.3 is 5.97 Å². The molecule has 0 aromatic carbocycles. The van der Waals surface area contributed by atoms with E-state index in [4.69, 9.17) is 4.98 Å². The van der Waals surface area contributed by atoms with E-state index in [2.05, 4.69) is 40.4 Å². The Morgan fingerprint density at radius 1 is 1.32 bits per heavy atom. The second-order valence-corrected chi connectivity index (χ2v) is 8.92. The largest absolute Gasteiger partial charge is 0.477 e. The number of nitrogens with one attached hydrogen (secondary N) is 1. The molecule has 2 aliphatic rings. The van der Waals surface area contributed by atoms with Gasteiger partial charge in [-0.25, -0.2) is 20.2 Å². The molecule has 0 spiro atoms. The standard InChI is InChI=1S/C21H22N6O3S/c1-11-6-16(25-8-14(9-25)27-7-12(2)13(3)24-27)23-19-17(11)18(28)15(20(29)30)10-26(19)21-22-4-5-31-21/h4-7,10,13-14,24H,8-9H2,1-3H3,(H,29,30). The lowest BCUT2D eigenvalue weighted by Gasteiger charge is -2.44. The first-order valence-electron chi connectivity index (χ1n) is 10.0. The van der Waals surface area contributed by atoms with Gasteiger partial charge in [0, 0.05) is 43.1 Å². The van der Waals surface area contributed by atoms with Crippen molar-refractivity contribution >= 4 is 34.2 Å². The summed E-state index contributed by atoms with van der Waals surface area (Å²) in [7, 11) is 0. The van der Waals surface area contributed by atoms with Gasteiger partial charge in [0.05, 0.1) is 11.4 Å². The molecule has 5 rings (SSSR count). The Hall–Kier alpha value is -3.24. The molecule has 1 saturated heterocycles. The highest BCUT2D eigenvalue weighted by atomic mass is 32.1. The van der Waals surface area contributed by atoms with Crippen LogP contribution in [0.5, 0.6) is 0 Å². The van der Waals surface area contributed by atoms with Crippen molar-refractivity contribution in [2.75, 3.05) is 18.0 Å². The fraction of sp³-hybridized carbons (Fsp3) is 0.333. The first kappa shape index (κ1) is 19.7. The van der Waals surface area contributed by atoms with Crippen LogP contribution in [0, 0.1) is 6.92 Å². The van der Waals surface area contributed by atoms with Crippen molar-refractivity contribution in [3.8, 4) is 5.13 Å². The van der Waals surface area contributed by atoms with E-state index in [9.17, 15) is 14.7 Å². The first-order chi connectivity index (χ1) is 14.8. The molecular weight excluding hydrogens is 416 g/mol. The van der Waals surface area contributed by atoms with Crippen LogP contribution in [0.2, 0.25) is 0 Å². The molecule has 1 unspecified atom stereocenters. The number of rotatable bonds is 4. The predicted octanol–water partition coefficient (Wildman–Crippen LogP) is 2.15. The third-order valence-corrected chi connectivity index (χ3v) is 6.72. The first-order valence-corrected chi connectivity index (χ1v) is 10.9. The average Bonchev–Trinajstić information content (AvgIpc) is 3.31. The summed E-state index contributed by atoms with van der Waals surface area (Å²) in [5.74, 6) is -0.496. The lowest BCUT2D eigenvalue weighted by atomic mass is 10.1. The van der Waals surface area contributed by atoms with Gasteiger partial charge in [0.2, 0.25) is 5.43 Å². The lowest BCUT2D eigenvalue weighted by molar-refractivity contribution is 0.0695. The van der Waals surface area contributed by atoms with Crippen molar-refractivity contribution in [1.82, 2.24) is 25.0 Å². The number of aryl methyl sites for hydroxylation is 1. The number of nitrogens with zero attached hydrogens (tertiary/aromatic N) is 5. The third-order valence-electron chi connectivity index (χ3n) is 5.95. The van der Waals surface area contributed by atoms with E-state index in [1.807, 2.05) is 13.0 Å². The fourth-order valence-corrected chi connectivity index (χ4v) is 4.61. The molecule has 2 aliphatic heterocycles. The number of aromatic carboxylic acids is 1. The highest BCUT2D eigenvalue weighted by Crippen LogP contribution is 2.28. The topological polar surface area (TPSA) is 104 Å². The number of anilines is 1. The van der Waals surface area contributed by atoms with Crippen molar-refractivity contribution in [1.29, 1.82) is 0 Å². The molecule has 2 N–H and O–H groups in total. The molecule has 0 amide bonds. The van der Waals surface area contributed by atoms with E-state index in [0.29, 0.717) is 33.8 Å². The van der Waals surface area contributed by atoms with Gasteiger partial charge in [0.15, 0.2) is 10.8 Å². The number of hydrogen-bond acceptors (Lipinski definition) is 8. The maximum absolute atomic E-state index is 12.9. The number of carbonyl (C=O) groups is 1. The highest BCUT2D eigenvalue weighted by molar-refractivity contribution is 7.12. The van der Waals surface area contributed by atoms with Crippen LogP contribution in [0.3, 0.4) is 0 Å². The Balaban J connectivity index is 1.55. The van der Waals surface area contributed by atoms with Crippen molar-refractivity contribution in [2.24, 2.45) is 0 Å². The second kappa shape index (κ2) is 7.17. The van der Waals surface area contributed by atoms with Crippen molar-refractivity contribution in [3.63, 3.8) is 0 Å². The number of hydrogen-bond donors (Lipinski definition) is 2. The normalized spacial score (nSPS) is 19.1. The number of aromatic nitrogens is 3. The van der Waals surface area contributed by atoms with E-state index in [-0.39, 0.29) is 5.56 Å². The zero-order valence-corrected chi connectivity index (χ0v) is 18.2. The minimum Gasteiger partial charge on any atom is -0.477 e. The zero-order valence-electron chi connectivity index (χ0n) is 17.4. The van der Waals surface area contributed by atoms with Crippen molar-refractivity contribution in [3.05, 3.63) is 57.0 Å². The number of thiazole rings is 1.